The van der Waals surface area contributed by atoms with Crippen LogP contribution in [0.2, 0.25) is 5.02 Å². The second-order valence-corrected chi connectivity index (χ2v) is 7.59. The predicted molar refractivity (Wildman–Crippen MR) is 121 cm³/mol. The Balaban J connectivity index is 2.20. The number of ketones is 1. The van der Waals surface area contributed by atoms with Crippen LogP contribution in [0.4, 0.5) is 0 Å². The normalized spacial score (nSPS) is 17.5. The number of amides is 1. The molecular weight excluding hydrogens is 434 g/mol. The molecule has 1 saturated heterocycles. The number of rotatable bonds is 8. The van der Waals surface area contributed by atoms with E-state index in [1.54, 1.807) is 36.4 Å². The highest BCUT2D eigenvalue weighted by Crippen LogP contribution is 2.42. The maximum atomic E-state index is 13.0. The number of hydrogen-bond acceptors (Lipinski definition) is 6. The van der Waals surface area contributed by atoms with E-state index in [0.717, 1.165) is 0 Å². The van der Waals surface area contributed by atoms with Crippen LogP contribution >= 0.6 is 11.6 Å². The first-order chi connectivity index (χ1) is 15.4. The summed E-state index contributed by atoms with van der Waals surface area (Å²) in [6, 6.07) is 9.10. The van der Waals surface area contributed by atoms with Crippen LogP contribution in [0.25, 0.3) is 5.76 Å². The molecule has 0 bridgehead atoms. The average molecular weight is 460 g/mol. The van der Waals surface area contributed by atoms with E-state index in [1.165, 1.54) is 19.1 Å². The van der Waals surface area contributed by atoms with E-state index in [2.05, 4.69) is 0 Å². The van der Waals surface area contributed by atoms with Gasteiger partial charge in [0.1, 0.15) is 11.5 Å². The molecule has 1 heterocycles. The van der Waals surface area contributed by atoms with Gasteiger partial charge < -0.3 is 24.2 Å². The Hall–Kier alpha value is -3.19. The number of Topliss-reactive ketones (excluding diaryl/α,β-unsaturated/α-hetero) is 1. The molecule has 8 heteroatoms. The summed E-state index contributed by atoms with van der Waals surface area (Å²) in [5.74, 6) is -0.348. The van der Waals surface area contributed by atoms with Crippen molar-refractivity contribution in [3.8, 4) is 17.2 Å². The lowest BCUT2D eigenvalue weighted by Crippen LogP contribution is -2.30. The van der Waals surface area contributed by atoms with Crippen LogP contribution in [0.1, 0.15) is 37.4 Å². The summed E-state index contributed by atoms with van der Waals surface area (Å²) in [5, 5.41) is 11.5. The van der Waals surface area contributed by atoms with Crippen molar-refractivity contribution in [3.05, 3.63) is 58.1 Å². The van der Waals surface area contributed by atoms with E-state index in [9.17, 15) is 14.7 Å². The summed E-state index contributed by atoms with van der Waals surface area (Å²) in [5.41, 5.74) is 0.953. The highest BCUT2D eigenvalue weighted by molar-refractivity contribution is 6.46. The third-order valence-electron chi connectivity index (χ3n) is 5.23. The molecule has 2 aromatic carbocycles. The molecule has 1 aliphatic heterocycles. The van der Waals surface area contributed by atoms with Gasteiger partial charge in [-0.2, -0.15) is 0 Å². The number of aliphatic hydroxyl groups excluding tert-OH is 1. The van der Waals surface area contributed by atoms with Crippen molar-refractivity contribution in [3.63, 3.8) is 0 Å². The van der Waals surface area contributed by atoms with Crippen LogP contribution in [0.15, 0.2) is 42.0 Å². The Morgan fingerprint density at radius 2 is 1.75 bits per heavy atom. The topological polar surface area (TPSA) is 85.3 Å². The lowest BCUT2D eigenvalue weighted by Gasteiger charge is -2.25. The van der Waals surface area contributed by atoms with E-state index in [0.29, 0.717) is 53.0 Å². The van der Waals surface area contributed by atoms with E-state index in [4.69, 9.17) is 25.8 Å². The molecule has 1 N–H and O–H groups in total. The minimum absolute atomic E-state index is 0.000408. The SMILES string of the molecule is CCCN1C(=O)C(=O)/C(=C(\O)c2ccc(Cl)c(OCC)c2)C1c1ccc(OC)c(OC)c1. The van der Waals surface area contributed by atoms with Gasteiger partial charge in [-0.3, -0.25) is 9.59 Å². The lowest BCUT2D eigenvalue weighted by molar-refractivity contribution is -0.139. The van der Waals surface area contributed by atoms with Crippen molar-refractivity contribution >= 4 is 29.1 Å². The van der Waals surface area contributed by atoms with Gasteiger partial charge in [0, 0.05) is 12.1 Å². The monoisotopic (exact) mass is 459 g/mol. The quantitative estimate of drug-likeness (QED) is 0.353. The fourth-order valence-electron chi connectivity index (χ4n) is 3.79. The number of aliphatic hydroxyl groups is 1. The second kappa shape index (κ2) is 9.96. The van der Waals surface area contributed by atoms with Crippen molar-refractivity contribution in [2.24, 2.45) is 0 Å². The Morgan fingerprint density at radius 3 is 2.38 bits per heavy atom. The van der Waals surface area contributed by atoms with Crippen molar-refractivity contribution in [2.75, 3.05) is 27.4 Å². The van der Waals surface area contributed by atoms with Gasteiger partial charge in [-0.05, 0) is 49.2 Å². The third kappa shape index (κ3) is 4.25. The third-order valence-corrected chi connectivity index (χ3v) is 5.54. The molecule has 0 aromatic heterocycles. The van der Waals surface area contributed by atoms with Gasteiger partial charge in [0.2, 0.25) is 0 Å². The number of methoxy groups -OCH3 is 2. The zero-order valence-electron chi connectivity index (χ0n) is 18.5. The molecule has 1 aliphatic rings. The van der Waals surface area contributed by atoms with Crippen LogP contribution in [0, 0.1) is 0 Å². The summed E-state index contributed by atoms with van der Waals surface area (Å²) >= 11 is 6.16. The minimum atomic E-state index is -0.777. The van der Waals surface area contributed by atoms with Crippen LogP contribution in [0.5, 0.6) is 17.2 Å². The largest absolute Gasteiger partial charge is 0.507 e. The smallest absolute Gasteiger partial charge is 0.295 e. The van der Waals surface area contributed by atoms with Gasteiger partial charge in [0.25, 0.3) is 11.7 Å². The number of carbonyl (C=O) groups excluding carboxylic acids is 2. The van der Waals surface area contributed by atoms with Gasteiger partial charge in [0.05, 0.1) is 37.5 Å². The highest BCUT2D eigenvalue weighted by Gasteiger charge is 2.46. The molecule has 3 rings (SSSR count). The molecular formula is C24H26ClNO6. The number of halogens is 1. The zero-order chi connectivity index (χ0) is 23.4. The van der Waals surface area contributed by atoms with Crippen LogP contribution in [-0.2, 0) is 9.59 Å². The average Bonchev–Trinajstić information content (AvgIpc) is 3.05. The highest BCUT2D eigenvalue weighted by atomic mass is 35.5. The zero-order valence-corrected chi connectivity index (χ0v) is 19.2. The summed E-state index contributed by atoms with van der Waals surface area (Å²) < 4.78 is 16.2. The fraction of sp³-hybridized carbons (Fsp3) is 0.333. The lowest BCUT2D eigenvalue weighted by atomic mass is 9.95. The van der Waals surface area contributed by atoms with Gasteiger partial charge in [-0.15, -0.1) is 0 Å². The first-order valence-corrected chi connectivity index (χ1v) is 10.7. The first-order valence-electron chi connectivity index (χ1n) is 10.3. The molecule has 1 amide bonds. The summed E-state index contributed by atoms with van der Waals surface area (Å²) in [6.45, 7) is 4.47. The first kappa shape index (κ1) is 23.5. The van der Waals surface area contributed by atoms with Gasteiger partial charge in [0.15, 0.2) is 11.5 Å². The minimum Gasteiger partial charge on any atom is -0.507 e. The molecule has 0 aliphatic carbocycles. The summed E-state index contributed by atoms with van der Waals surface area (Å²) in [4.78, 5) is 27.3. The standard InChI is InChI=1S/C24H26ClNO6/c1-5-11-26-21(14-8-10-17(30-3)19(12-14)31-4)20(23(28)24(26)29)22(27)15-7-9-16(25)18(13-15)32-6-2/h7-10,12-13,21,27H,5-6,11H2,1-4H3/b22-20-. The van der Waals surface area contributed by atoms with Crippen molar-refractivity contribution < 1.29 is 28.9 Å². The molecule has 0 spiro atoms. The maximum Gasteiger partial charge on any atom is 0.295 e. The van der Waals surface area contributed by atoms with Crippen LogP contribution in [-0.4, -0.2) is 49.1 Å². The molecule has 1 unspecified atom stereocenters. The number of hydrogen-bond donors (Lipinski definition) is 1. The number of nitrogens with zero attached hydrogens (tertiary/aromatic N) is 1. The Morgan fingerprint density at radius 1 is 1.03 bits per heavy atom. The Labute approximate surface area is 192 Å². The Bertz CT molecular complexity index is 1060. The van der Waals surface area contributed by atoms with E-state index in [1.807, 2.05) is 13.8 Å². The molecule has 170 valence electrons. The van der Waals surface area contributed by atoms with Gasteiger partial charge in [-0.25, -0.2) is 0 Å². The van der Waals surface area contributed by atoms with E-state index in [-0.39, 0.29) is 11.3 Å². The molecule has 1 atom stereocenters. The predicted octanol–water partition coefficient (Wildman–Crippen LogP) is 4.59. The molecule has 7 nitrogen and oxygen atoms in total. The van der Waals surface area contributed by atoms with Crippen molar-refractivity contribution in [1.82, 2.24) is 4.90 Å². The number of likely N-dealkylation sites (tertiary alicyclic amines) is 1. The van der Waals surface area contributed by atoms with Crippen molar-refractivity contribution in [1.29, 1.82) is 0 Å². The molecule has 0 radical (unpaired) electrons. The fourth-order valence-corrected chi connectivity index (χ4v) is 3.97. The molecule has 0 saturated carbocycles. The number of ether oxygens (including phenoxy) is 3. The van der Waals surface area contributed by atoms with Crippen molar-refractivity contribution in [2.45, 2.75) is 26.3 Å². The van der Waals surface area contributed by atoms with Crippen LogP contribution in [0.3, 0.4) is 0 Å². The Kier molecular flexibility index (Phi) is 7.30. The number of carbonyl (C=O) groups is 2. The van der Waals surface area contributed by atoms with Gasteiger partial charge in [-0.1, -0.05) is 24.6 Å². The van der Waals surface area contributed by atoms with E-state index >= 15 is 0 Å². The molecule has 1 fully saturated rings. The maximum absolute atomic E-state index is 13.0. The molecule has 2 aromatic rings. The molecule has 32 heavy (non-hydrogen) atoms. The summed E-state index contributed by atoms with van der Waals surface area (Å²) in [6.07, 6.45) is 0.645. The summed E-state index contributed by atoms with van der Waals surface area (Å²) in [7, 11) is 3.03. The van der Waals surface area contributed by atoms with Gasteiger partial charge >= 0.3 is 0 Å². The van der Waals surface area contributed by atoms with E-state index < -0.39 is 17.7 Å². The number of benzene rings is 2. The van der Waals surface area contributed by atoms with Crippen LogP contribution < -0.4 is 14.2 Å². The second-order valence-electron chi connectivity index (χ2n) is 7.19.